The molecule has 0 amide bonds. The van der Waals surface area contributed by atoms with E-state index in [1.807, 2.05) is 0 Å². The fraction of sp³-hybridized carbons (Fsp3) is 0.756. The monoisotopic (exact) mass is 826 g/mol. The van der Waals surface area contributed by atoms with Gasteiger partial charge < -0.3 is 25.2 Å². The number of carbonyl (C=O) groups is 3. The lowest BCUT2D eigenvalue weighted by Gasteiger charge is -2.20. The van der Waals surface area contributed by atoms with E-state index in [-0.39, 0.29) is 19.4 Å². The quantitative estimate of drug-likeness (QED) is 0.0232. The summed E-state index contributed by atoms with van der Waals surface area (Å²) in [5, 5.41) is 8.89. The minimum absolute atomic E-state index is 0.156. The maximum absolute atomic E-state index is 12.6. The Labute approximate surface area is 345 Å². The highest BCUT2D eigenvalue weighted by Gasteiger charge is 2.28. The number of rotatable bonds is 41. The molecule has 0 aliphatic carbocycles. The van der Waals surface area contributed by atoms with E-state index < -0.39 is 51.1 Å². The van der Waals surface area contributed by atoms with Crippen LogP contribution in [0, 0.1) is 0 Å². The first-order chi connectivity index (χ1) is 27.6. The number of carboxylic acid groups (broad SMARTS) is 1. The Morgan fingerprint density at radius 1 is 0.544 bits per heavy atom. The zero-order chi connectivity index (χ0) is 42.1. The van der Waals surface area contributed by atoms with Crippen molar-refractivity contribution in [3.8, 4) is 0 Å². The molecule has 0 heterocycles. The lowest BCUT2D eigenvalue weighted by atomic mass is 10.0. The lowest BCUT2D eigenvalue weighted by molar-refractivity contribution is -0.161. The van der Waals surface area contributed by atoms with Crippen LogP contribution in [0.15, 0.2) is 48.6 Å². The average molecular weight is 826 g/mol. The first-order valence-corrected chi connectivity index (χ1v) is 23.7. The number of hydrogen-bond donors (Lipinski definition) is 3. The van der Waals surface area contributed by atoms with Crippen LogP contribution >= 0.6 is 7.82 Å². The topological polar surface area (TPSA) is 172 Å². The van der Waals surface area contributed by atoms with E-state index in [2.05, 4.69) is 67.0 Å². The van der Waals surface area contributed by atoms with Gasteiger partial charge >= 0.3 is 25.7 Å². The molecule has 0 aromatic heterocycles. The smallest absolute Gasteiger partial charge is 0.472 e. The summed E-state index contributed by atoms with van der Waals surface area (Å²) in [4.78, 5) is 46.0. The molecule has 0 fully saturated rings. The number of hydrogen-bond acceptors (Lipinski definition) is 9. The van der Waals surface area contributed by atoms with Gasteiger partial charge in [-0.15, -0.1) is 0 Å². The average Bonchev–Trinajstić information content (AvgIpc) is 3.19. The molecule has 11 nitrogen and oxygen atoms in total. The van der Waals surface area contributed by atoms with E-state index in [1.165, 1.54) is 83.5 Å². The van der Waals surface area contributed by atoms with E-state index in [0.29, 0.717) is 12.8 Å². The van der Waals surface area contributed by atoms with E-state index in [9.17, 15) is 23.8 Å². The zero-order valence-corrected chi connectivity index (χ0v) is 36.6. The molecule has 57 heavy (non-hydrogen) atoms. The predicted molar refractivity (Wildman–Crippen MR) is 231 cm³/mol. The second-order valence-corrected chi connectivity index (χ2v) is 16.3. The second-order valence-electron chi connectivity index (χ2n) is 14.8. The number of allylic oxidation sites excluding steroid dienone is 8. The third kappa shape index (κ3) is 40.0. The molecule has 12 heteroatoms. The van der Waals surface area contributed by atoms with Crippen LogP contribution in [0.2, 0.25) is 0 Å². The van der Waals surface area contributed by atoms with Crippen molar-refractivity contribution < 1.29 is 47.5 Å². The molecule has 0 saturated carbocycles. The second kappa shape index (κ2) is 40.2. The number of carboxylic acids is 1. The molecule has 0 saturated heterocycles. The Morgan fingerprint density at radius 2 is 0.965 bits per heavy atom. The fourth-order valence-corrected chi connectivity index (χ4v) is 6.60. The number of esters is 2. The summed E-state index contributed by atoms with van der Waals surface area (Å²) < 4.78 is 32.7. The highest BCUT2D eigenvalue weighted by Crippen LogP contribution is 2.43. The molecule has 0 aromatic rings. The van der Waals surface area contributed by atoms with Gasteiger partial charge in [0, 0.05) is 12.8 Å². The lowest BCUT2D eigenvalue weighted by Crippen LogP contribution is -2.34. The third-order valence-electron chi connectivity index (χ3n) is 9.31. The number of aliphatic carboxylic acids is 1. The summed E-state index contributed by atoms with van der Waals surface area (Å²) in [7, 11) is -4.72. The summed E-state index contributed by atoms with van der Waals surface area (Å²) in [6.45, 7) is 2.71. The SMILES string of the molecule is CCC/C=C/C/C=C/C/C=C/C/C=C/CCCCCC(=O)OC[C@H](COP(=O)(O)OC[C@H](N)C(=O)O)OC(=O)CCCCCCCCCCCCCCCCCC. The van der Waals surface area contributed by atoms with E-state index in [4.69, 9.17) is 24.8 Å². The van der Waals surface area contributed by atoms with Crippen LogP contribution in [0.1, 0.15) is 187 Å². The number of nitrogens with two attached hydrogens (primary N) is 1. The minimum Gasteiger partial charge on any atom is -0.480 e. The van der Waals surface area contributed by atoms with E-state index >= 15 is 0 Å². The molecule has 4 N–H and O–H groups in total. The zero-order valence-electron chi connectivity index (χ0n) is 35.7. The summed E-state index contributed by atoms with van der Waals surface area (Å²) in [6, 6.07) is -1.53. The van der Waals surface area contributed by atoms with Crippen molar-refractivity contribution in [2.45, 2.75) is 199 Å². The number of ether oxygens (including phenoxy) is 2. The number of carbonyl (C=O) groups excluding carboxylic acids is 2. The third-order valence-corrected chi connectivity index (χ3v) is 10.3. The molecule has 3 atom stereocenters. The molecule has 0 aliphatic rings. The molecule has 0 aromatic carbocycles. The molecule has 0 radical (unpaired) electrons. The van der Waals surface area contributed by atoms with Crippen molar-refractivity contribution in [1.29, 1.82) is 0 Å². The van der Waals surface area contributed by atoms with Crippen LogP contribution in [0.5, 0.6) is 0 Å². The Bertz CT molecular complexity index is 1150. The van der Waals surface area contributed by atoms with E-state index in [0.717, 1.165) is 64.2 Å². The molecule has 0 aliphatic heterocycles. The Morgan fingerprint density at radius 3 is 1.46 bits per heavy atom. The van der Waals surface area contributed by atoms with Gasteiger partial charge in [0.15, 0.2) is 6.10 Å². The standard InChI is InChI=1S/C45H80NO10P/c1-3-5-7-9-11-13-15-17-19-21-23-24-26-28-30-32-34-36-43(47)53-38-41(39-54-57(51,52)55-40-42(46)45(49)50)56-44(48)37-35-33-31-29-27-25-22-20-18-16-14-12-10-8-6-4-2/h7,9,13,15,19,21,24,26,41-42H,3-6,8,10-12,14,16-18,20,22-23,25,27-40,46H2,1-2H3,(H,49,50)(H,51,52)/b9-7+,15-13+,21-19+,26-24+/t41-,42+/m1/s1. The molecule has 1 unspecified atom stereocenters. The summed E-state index contributed by atoms with van der Waals surface area (Å²) in [5.41, 5.74) is 5.33. The predicted octanol–water partition coefficient (Wildman–Crippen LogP) is 11.8. The normalized spacial score (nSPS) is 14.2. The van der Waals surface area contributed by atoms with Crippen LogP contribution in [-0.4, -0.2) is 59.9 Å². The van der Waals surface area contributed by atoms with Crippen molar-refractivity contribution in [3.05, 3.63) is 48.6 Å². The van der Waals surface area contributed by atoms with Gasteiger partial charge in [0.2, 0.25) is 0 Å². The highest BCUT2D eigenvalue weighted by molar-refractivity contribution is 7.47. The molecular formula is C45H80NO10P. The van der Waals surface area contributed by atoms with Gasteiger partial charge in [-0.25, -0.2) is 4.57 Å². The van der Waals surface area contributed by atoms with Crippen LogP contribution in [0.3, 0.4) is 0 Å². The van der Waals surface area contributed by atoms with E-state index in [1.54, 1.807) is 0 Å². The van der Waals surface area contributed by atoms with Crippen LogP contribution < -0.4 is 5.73 Å². The summed E-state index contributed by atoms with van der Waals surface area (Å²) in [6.07, 6.45) is 44.6. The van der Waals surface area contributed by atoms with Gasteiger partial charge in [0.1, 0.15) is 12.6 Å². The number of unbranched alkanes of at least 4 members (excludes halogenated alkanes) is 19. The van der Waals surface area contributed by atoms with Gasteiger partial charge in [0.25, 0.3) is 0 Å². The molecule has 0 spiro atoms. The van der Waals surface area contributed by atoms with Crippen LogP contribution in [0.25, 0.3) is 0 Å². The molecule has 0 rings (SSSR count). The number of phosphoric acid groups is 1. The van der Waals surface area contributed by atoms with Gasteiger partial charge in [-0.05, 0) is 51.4 Å². The van der Waals surface area contributed by atoms with Crippen LogP contribution in [0.4, 0.5) is 0 Å². The Balaban J connectivity index is 4.40. The van der Waals surface area contributed by atoms with Crippen molar-refractivity contribution in [2.75, 3.05) is 19.8 Å². The Kier molecular flexibility index (Phi) is 38.4. The maximum atomic E-state index is 12.6. The van der Waals surface area contributed by atoms with Crippen molar-refractivity contribution in [3.63, 3.8) is 0 Å². The molecular weight excluding hydrogens is 745 g/mol. The van der Waals surface area contributed by atoms with Gasteiger partial charge in [-0.1, -0.05) is 172 Å². The minimum atomic E-state index is -4.72. The molecule has 0 bridgehead atoms. The van der Waals surface area contributed by atoms with Crippen molar-refractivity contribution in [2.24, 2.45) is 5.73 Å². The van der Waals surface area contributed by atoms with Gasteiger partial charge in [-0.2, -0.15) is 0 Å². The van der Waals surface area contributed by atoms with Crippen molar-refractivity contribution >= 4 is 25.7 Å². The molecule has 330 valence electrons. The highest BCUT2D eigenvalue weighted by atomic mass is 31.2. The van der Waals surface area contributed by atoms with Gasteiger partial charge in [-0.3, -0.25) is 23.4 Å². The van der Waals surface area contributed by atoms with Crippen molar-refractivity contribution in [1.82, 2.24) is 0 Å². The number of phosphoric ester groups is 1. The van der Waals surface area contributed by atoms with Crippen LogP contribution in [-0.2, 0) is 37.5 Å². The first-order valence-electron chi connectivity index (χ1n) is 22.2. The fourth-order valence-electron chi connectivity index (χ4n) is 5.82. The van der Waals surface area contributed by atoms with Gasteiger partial charge in [0.05, 0.1) is 13.2 Å². The summed E-state index contributed by atoms with van der Waals surface area (Å²) in [5.74, 6) is -2.41. The largest absolute Gasteiger partial charge is 0.480 e. The maximum Gasteiger partial charge on any atom is 0.472 e. The Hall–Kier alpha value is -2.56. The first kappa shape index (κ1) is 54.4. The summed E-state index contributed by atoms with van der Waals surface area (Å²) >= 11 is 0.